The highest BCUT2D eigenvalue weighted by Crippen LogP contribution is 2.35. The fraction of sp³-hybridized carbons (Fsp3) is 0.333. The lowest BCUT2D eigenvalue weighted by Gasteiger charge is -2.33. The number of ether oxygens (including phenoxy) is 1. The van der Waals surface area contributed by atoms with Crippen LogP contribution in [-0.2, 0) is 18.3 Å². The Hall–Kier alpha value is -2.50. The Morgan fingerprint density at radius 1 is 1.43 bits per heavy atom. The quantitative estimate of drug-likeness (QED) is 0.865. The molecule has 1 aromatic carbocycles. The predicted octanol–water partition coefficient (Wildman–Crippen LogP) is 1.36. The number of nitrogen functional groups attached to an aromatic ring is 1. The molecular formula is C15H18N4O2. The highest BCUT2D eigenvalue weighted by molar-refractivity contribution is 6.00. The number of aryl methyl sites for hydroxylation is 1. The van der Waals surface area contributed by atoms with Crippen molar-refractivity contribution in [2.45, 2.75) is 19.4 Å². The summed E-state index contributed by atoms with van der Waals surface area (Å²) in [6.45, 7) is 2.35. The Balaban J connectivity index is 1.84. The average Bonchev–Trinajstić information content (AvgIpc) is 2.85. The van der Waals surface area contributed by atoms with Crippen molar-refractivity contribution in [3.8, 4) is 5.75 Å². The van der Waals surface area contributed by atoms with E-state index >= 15 is 0 Å². The first-order chi connectivity index (χ1) is 10.0. The van der Waals surface area contributed by atoms with Crippen LogP contribution < -0.4 is 15.4 Å². The third-order valence-corrected chi connectivity index (χ3v) is 3.57. The summed E-state index contributed by atoms with van der Waals surface area (Å²) < 4.78 is 7.38. The van der Waals surface area contributed by atoms with Crippen LogP contribution in [0.15, 0.2) is 30.6 Å². The number of carbonyl (C=O) groups is 1. The second-order valence-electron chi connectivity index (χ2n) is 5.25. The van der Waals surface area contributed by atoms with Crippen LogP contribution in [-0.4, -0.2) is 28.3 Å². The molecule has 2 aromatic rings. The molecule has 0 fully saturated rings. The number of aromatic nitrogens is 2. The number of benzene rings is 1. The van der Waals surface area contributed by atoms with E-state index in [4.69, 9.17) is 10.5 Å². The van der Waals surface area contributed by atoms with E-state index in [1.165, 1.54) is 0 Å². The molecule has 1 aliphatic rings. The van der Waals surface area contributed by atoms with E-state index in [9.17, 15) is 4.79 Å². The predicted molar refractivity (Wildman–Crippen MR) is 80.2 cm³/mol. The van der Waals surface area contributed by atoms with Crippen molar-refractivity contribution in [2.75, 3.05) is 17.2 Å². The number of amides is 1. The molecule has 1 aromatic heterocycles. The highest BCUT2D eigenvalue weighted by atomic mass is 16.5. The van der Waals surface area contributed by atoms with Gasteiger partial charge in [0, 0.05) is 31.5 Å². The number of hydrogen-bond donors (Lipinski definition) is 1. The maximum absolute atomic E-state index is 12.3. The van der Waals surface area contributed by atoms with Gasteiger partial charge in [0.05, 0.1) is 11.9 Å². The number of hydrogen-bond acceptors (Lipinski definition) is 4. The van der Waals surface area contributed by atoms with Crippen molar-refractivity contribution in [3.63, 3.8) is 0 Å². The Morgan fingerprint density at radius 3 is 2.95 bits per heavy atom. The van der Waals surface area contributed by atoms with Gasteiger partial charge in [-0.25, -0.2) is 0 Å². The smallest absolute Gasteiger partial charge is 0.267 e. The minimum Gasteiger partial charge on any atom is -0.479 e. The van der Waals surface area contributed by atoms with Crippen LogP contribution in [0.5, 0.6) is 5.75 Å². The molecule has 3 rings (SSSR count). The third kappa shape index (κ3) is 2.56. The monoisotopic (exact) mass is 286 g/mol. The molecule has 1 aliphatic heterocycles. The van der Waals surface area contributed by atoms with Gasteiger partial charge in [-0.1, -0.05) is 0 Å². The Bertz CT molecular complexity index is 680. The zero-order chi connectivity index (χ0) is 15.0. The number of nitrogens with two attached hydrogens (primary N) is 1. The third-order valence-electron chi connectivity index (χ3n) is 3.57. The summed E-state index contributed by atoms with van der Waals surface area (Å²) in [4.78, 5) is 14.1. The molecule has 1 amide bonds. The zero-order valence-electron chi connectivity index (χ0n) is 12.1. The summed E-state index contributed by atoms with van der Waals surface area (Å²) in [5.41, 5.74) is 8.28. The van der Waals surface area contributed by atoms with E-state index < -0.39 is 6.10 Å². The van der Waals surface area contributed by atoms with E-state index in [1.54, 1.807) is 28.6 Å². The molecule has 6 nitrogen and oxygen atoms in total. The van der Waals surface area contributed by atoms with Gasteiger partial charge in [-0.05, 0) is 31.0 Å². The van der Waals surface area contributed by atoms with Crippen molar-refractivity contribution >= 4 is 17.3 Å². The summed E-state index contributed by atoms with van der Waals surface area (Å²) in [7, 11) is 1.88. The number of fused-ring (bicyclic) bond motifs is 1. The Kier molecular flexibility index (Phi) is 3.29. The molecule has 1 atom stereocenters. The topological polar surface area (TPSA) is 73.4 Å². The maximum Gasteiger partial charge on any atom is 0.267 e. The molecule has 6 heteroatoms. The first-order valence-corrected chi connectivity index (χ1v) is 6.89. The van der Waals surface area contributed by atoms with Crippen LogP contribution in [0, 0.1) is 0 Å². The lowest BCUT2D eigenvalue weighted by Crippen LogP contribution is -2.45. The molecule has 21 heavy (non-hydrogen) atoms. The van der Waals surface area contributed by atoms with Crippen molar-refractivity contribution < 1.29 is 9.53 Å². The summed E-state index contributed by atoms with van der Waals surface area (Å²) in [6.07, 6.45) is 4.03. The van der Waals surface area contributed by atoms with E-state index in [-0.39, 0.29) is 5.91 Å². The summed E-state index contributed by atoms with van der Waals surface area (Å²) in [5.74, 6) is 0.629. The van der Waals surface area contributed by atoms with E-state index in [0.29, 0.717) is 18.0 Å². The molecule has 110 valence electrons. The molecule has 1 unspecified atom stereocenters. The van der Waals surface area contributed by atoms with Crippen LogP contribution in [0.2, 0.25) is 0 Å². The minimum atomic E-state index is -0.492. The molecular weight excluding hydrogens is 268 g/mol. The van der Waals surface area contributed by atoms with Gasteiger partial charge >= 0.3 is 0 Å². The normalized spacial score (nSPS) is 17.5. The molecule has 0 saturated heterocycles. The Morgan fingerprint density at radius 2 is 2.24 bits per heavy atom. The van der Waals surface area contributed by atoms with Gasteiger partial charge in [0.15, 0.2) is 6.10 Å². The molecule has 2 N–H and O–H groups in total. The Labute approximate surface area is 123 Å². The standard InChI is InChI=1S/C15H18N4O2/c1-10-15(20)19(6-5-11-8-17-18(2)9-11)13-4-3-12(16)7-14(13)21-10/h3-4,7-10H,5-6,16H2,1-2H3. The largest absolute Gasteiger partial charge is 0.479 e. The van der Waals surface area contributed by atoms with Crippen molar-refractivity contribution in [2.24, 2.45) is 7.05 Å². The second kappa shape index (κ2) is 5.12. The van der Waals surface area contributed by atoms with Crippen LogP contribution in [0.25, 0.3) is 0 Å². The van der Waals surface area contributed by atoms with Crippen LogP contribution in [0.1, 0.15) is 12.5 Å². The summed E-state index contributed by atoms with van der Waals surface area (Å²) >= 11 is 0. The van der Waals surface area contributed by atoms with E-state index in [2.05, 4.69) is 5.10 Å². The van der Waals surface area contributed by atoms with Gasteiger partial charge in [0.2, 0.25) is 0 Å². The molecule has 0 saturated carbocycles. The van der Waals surface area contributed by atoms with Gasteiger partial charge in [0.1, 0.15) is 5.75 Å². The lowest BCUT2D eigenvalue weighted by atomic mass is 10.1. The van der Waals surface area contributed by atoms with Gasteiger partial charge in [-0.2, -0.15) is 5.10 Å². The first kappa shape index (κ1) is 13.5. The number of anilines is 2. The minimum absolute atomic E-state index is 0.0313. The number of nitrogens with zero attached hydrogens (tertiary/aromatic N) is 3. The fourth-order valence-electron chi connectivity index (χ4n) is 2.50. The fourth-order valence-corrected chi connectivity index (χ4v) is 2.50. The number of carbonyl (C=O) groups excluding carboxylic acids is 1. The molecule has 0 bridgehead atoms. The van der Waals surface area contributed by atoms with Crippen LogP contribution in [0.3, 0.4) is 0 Å². The zero-order valence-corrected chi connectivity index (χ0v) is 12.1. The highest BCUT2D eigenvalue weighted by Gasteiger charge is 2.31. The number of rotatable bonds is 3. The van der Waals surface area contributed by atoms with Gasteiger partial charge < -0.3 is 15.4 Å². The van der Waals surface area contributed by atoms with Crippen molar-refractivity contribution in [3.05, 3.63) is 36.2 Å². The van der Waals surface area contributed by atoms with E-state index in [0.717, 1.165) is 17.7 Å². The van der Waals surface area contributed by atoms with Crippen molar-refractivity contribution in [1.29, 1.82) is 0 Å². The maximum atomic E-state index is 12.3. The van der Waals surface area contributed by atoms with Gasteiger partial charge in [-0.15, -0.1) is 0 Å². The lowest BCUT2D eigenvalue weighted by molar-refractivity contribution is -0.125. The second-order valence-corrected chi connectivity index (χ2v) is 5.25. The SMILES string of the molecule is CC1Oc2cc(N)ccc2N(CCc2cnn(C)c2)C1=O. The molecule has 2 heterocycles. The van der Waals surface area contributed by atoms with Gasteiger partial charge in [-0.3, -0.25) is 9.48 Å². The van der Waals surface area contributed by atoms with Gasteiger partial charge in [0.25, 0.3) is 5.91 Å². The molecule has 0 radical (unpaired) electrons. The summed E-state index contributed by atoms with van der Waals surface area (Å²) in [5, 5.41) is 4.14. The average molecular weight is 286 g/mol. The first-order valence-electron chi connectivity index (χ1n) is 6.89. The van der Waals surface area contributed by atoms with E-state index in [1.807, 2.05) is 25.5 Å². The molecule has 0 spiro atoms. The summed E-state index contributed by atoms with van der Waals surface area (Å²) in [6, 6.07) is 5.37. The molecule has 0 aliphatic carbocycles. The van der Waals surface area contributed by atoms with Crippen LogP contribution in [0.4, 0.5) is 11.4 Å². The van der Waals surface area contributed by atoms with Crippen molar-refractivity contribution in [1.82, 2.24) is 9.78 Å². The van der Waals surface area contributed by atoms with Crippen LogP contribution >= 0.6 is 0 Å².